The molecule has 0 saturated heterocycles. The fourth-order valence-electron chi connectivity index (χ4n) is 1.02. The Balaban J connectivity index is 2.55. The Hall–Kier alpha value is -1.56. The smallest absolute Gasteiger partial charge is 0.252 e. The lowest BCUT2D eigenvalue weighted by molar-refractivity contribution is 0.0945. The van der Waals surface area contributed by atoms with Crippen LogP contribution < -0.4 is 11.1 Å². The van der Waals surface area contributed by atoms with E-state index in [1.165, 1.54) is 11.3 Å². The summed E-state index contributed by atoms with van der Waals surface area (Å²) >= 11 is 1.46. The molecular formula is C10H15N3O2S. The standard InChI is InChI=1S/C10H15N3O2S/c1-10(2,9(11)13-15)6-12-8(14)7-3-4-16-5-7/h3-5,15H,6H2,1-2H3,(H2,11,13)(H,12,14). The second kappa shape index (κ2) is 4.98. The van der Waals surface area contributed by atoms with Crippen molar-refractivity contribution in [1.82, 2.24) is 5.32 Å². The third-order valence-corrected chi connectivity index (χ3v) is 2.96. The molecule has 1 amide bonds. The van der Waals surface area contributed by atoms with Crippen molar-refractivity contribution in [3.63, 3.8) is 0 Å². The maximum absolute atomic E-state index is 11.6. The molecule has 0 fully saturated rings. The minimum atomic E-state index is -0.569. The Kier molecular flexibility index (Phi) is 3.89. The zero-order valence-corrected chi connectivity index (χ0v) is 10.0. The average molecular weight is 241 g/mol. The van der Waals surface area contributed by atoms with Gasteiger partial charge in [0.05, 0.1) is 0 Å². The summed E-state index contributed by atoms with van der Waals surface area (Å²) in [5.74, 6) is -0.0572. The van der Waals surface area contributed by atoms with Gasteiger partial charge in [0.2, 0.25) is 0 Å². The number of nitrogens with one attached hydrogen (secondary N) is 1. The summed E-state index contributed by atoms with van der Waals surface area (Å²) in [7, 11) is 0. The topological polar surface area (TPSA) is 87.7 Å². The zero-order valence-electron chi connectivity index (χ0n) is 9.23. The fourth-order valence-corrected chi connectivity index (χ4v) is 1.66. The highest BCUT2D eigenvalue weighted by Gasteiger charge is 2.24. The number of amidine groups is 1. The van der Waals surface area contributed by atoms with Crippen LogP contribution in [0.2, 0.25) is 0 Å². The first-order valence-electron chi connectivity index (χ1n) is 4.76. The van der Waals surface area contributed by atoms with E-state index in [1.54, 1.807) is 25.3 Å². The third kappa shape index (κ3) is 2.96. The number of oxime groups is 1. The largest absolute Gasteiger partial charge is 0.409 e. The van der Waals surface area contributed by atoms with Crippen molar-refractivity contribution in [2.45, 2.75) is 13.8 Å². The molecule has 0 spiro atoms. The second-order valence-electron chi connectivity index (χ2n) is 4.06. The van der Waals surface area contributed by atoms with Crippen LogP contribution in [-0.2, 0) is 0 Å². The van der Waals surface area contributed by atoms with Gasteiger partial charge in [-0.2, -0.15) is 11.3 Å². The molecule has 1 rings (SSSR count). The van der Waals surface area contributed by atoms with E-state index in [1.807, 2.05) is 5.38 Å². The first kappa shape index (κ1) is 12.5. The molecule has 0 saturated carbocycles. The number of thiophene rings is 1. The summed E-state index contributed by atoms with van der Waals surface area (Å²) in [5, 5.41) is 17.9. The Morgan fingerprint density at radius 2 is 2.38 bits per heavy atom. The number of hydrogen-bond donors (Lipinski definition) is 3. The Bertz CT molecular complexity index is 385. The van der Waals surface area contributed by atoms with Crippen LogP contribution in [0.5, 0.6) is 0 Å². The van der Waals surface area contributed by atoms with Crippen molar-refractivity contribution in [2.75, 3.05) is 6.54 Å². The van der Waals surface area contributed by atoms with E-state index >= 15 is 0 Å². The molecule has 0 radical (unpaired) electrons. The molecule has 0 bridgehead atoms. The zero-order chi connectivity index (χ0) is 12.2. The van der Waals surface area contributed by atoms with Crippen molar-refractivity contribution < 1.29 is 10.0 Å². The lowest BCUT2D eigenvalue weighted by Crippen LogP contribution is -2.42. The monoisotopic (exact) mass is 241 g/mol. The predicted octanol–water partition coefficient (Wildman–Crippen LogP) is 1.25. The molecule has 5 nitrogen and oxygen atoms in total. The van der Waals surface area contributed by atoms with Crippen molar-refractivity contribution >= 4 is 23.1 Å². The van der Waals surface area contributed by atoms with Gasteiger partial charge in [-0.15, -0.1) is 0 Å². The van der Waals surface area contributed by atoms with Crippen LogP contribution in [0.15, 0.2) is 22.0 Å². The van der Waals surface area contributed by atoms with Crippen molar-refractivity contribution in [3.8, 4) is 0 Å². The van der Waals surface area contributed by atoms with Gasteiger partial charge in [-0.05, 0) is 11.4 Å². The highest BCUT2D eigenvalue weighted by molar-refractivity contribution is 7.08. The number of carbonyl (C=O) groups excluding carboxylic acids is 1. The lowest BCUT2D eigenvalue weighted by Gasteiger charge is -2.22. The summed E-state index contributed by atoms with van der Waals surface area (Å²) < 4.78 is 0. The maximum atomic E-state index is 11.6. The lowest BCUT2D eigenvalue weighted by atomic mass is 9.92. The van der Waals surface area contributed by atoms with Gasteiger partial charge >= 0.3 is 0 Å². The van der Waals surface area contributed by atoms with E-state index in [4.69, 9.17) is 10.9 Å². The van der Waals surface area contributed by atoms with Crippen LogP contribution in [0.25, 0.3) is 0 Å². The summed E-state index contributed by atoms with van der Waals surface area (Å²) in [4.78, 5) is 11.6. The van der Waals surface area contributed by atoms with Crippen molar-refractivity contribution in [3.05, 3.63) is 22.4 Å². The normalized spacial score (nSPS) is 12.5. The molecule has 1 aromatic heterocycles. The number of amides is 1. The first-order valence-corrected chi connectivity index (χ1v) is 5.70. The number of hydrogen-bond acceptors (Lipinski definition) is 4. The molecule has 6 heteroatoms. The molecule has 1 aromatic rings. The van der Waals surface area contributed by atoms with Gasteiger partial charge in [0.25, 0.3) is 5.91 Å². The number of rotatable bonds is 4. The Labute approximate surface area is 98.0 Å². The molecule has 0 aliphatic carbocycles. The van der Waals surface area contributed by atoms with Gasteiger partial charge in [0, 0.05) is 22.9 Å². The van der Waals surface area contributed by atoms with Gasteiger partial charge in [0.1, 0.15) is 5.84 Å². The summed E-state index contributed by atoms with van der Waals surface area (Å²) in [6, 6.07) is 1.75. The molecule has 4 N–H and O–H groups in total. The second-order valence-corrected chi connectivity index (χ2v) is 4.84. The third-order valence-electron chi connectivity index (χ3n) is 2.28. The van der Waals surface area contributed by atoms with Gasteiger partial charge < -0.3 is 16.3 Å². The summed E-state index contributed by atoms with van der Waals surface area (Å²) in [6.07, 6.45) is 0. The van der Waals surface area contributed by atoms with E-state index in [9.17, 15) is 4.79 Å². The van der Waals surface area contributed by atoms with Gasteiger partial charge in [0.15, 0.2) is 0 Å². The van der Waals surface area contributed by atoms with E-state index < -0.39 is 5.41 Å². The first-order chi connectivity index (χ1) is 7.47. The number of nitrogens with zero attached hydrogens (tertiary/aromatic N) is 1. The molecule has 0 aliphatic heterocycles. The minimum absolute atomic E-state index is 0.0955. The van der Waals surface area contributed by atoms with Crippen molar-refractivity contribution in [1.29, 1.82) is 0 Å². The van der Waals surface area contributed by atoms with E-state index in [0.717, 1.165) is 0 Å². The molecule has 0 aliphatic rings. The molecule has 16 heavy (non-hydrogen) atoms. The quantitative estimate of drug-likeness (QED) is 0.321. The summed E-state index contributed by atoms with van der Waals surface area (Å²) in [5.41, 5.74) is 5.56. The van der Waals surface area contributed by atoms with E-state index in [0.29, 0.717) is 12.1 Å². The molecular weight excluding hydrogens is 226 g/mol. The number of nitrogens with two attached hydrogens (primary N) is 1. The highest BCUT2D eigenvalue weighted by atomic mass is 32.1. The summed E-state index contributed by atoms with van der Waals surface area (Å²) in [6.45, 7) is 3.89. The van der Waals surface area contributed by atoms with Crippen LogP contribution in [0, 0.1) is 5.41 Å². The van der Waals surface area contributed by atoms with E-state index in [-0.39, 0.29) is 11.7 Å². The van der Waals surface area contributed by atoms with Crippen LogP contribution in [0.1, 0.15) is 24.2 Å². The Morgan fingerprint density at radius 1 is 1.69 bits per heavy atom. The van der Waals surface area contributed by atoms with Gasteiger partial charge in [-0.1, -0.05) is 19.0 Å². The highest BCUT2D eigenvalue weighted by Crippen LogP contribution is 2.14. The molecule has 0 aromatic carbocycles. The van der Waals surface area contributed by atoms with Crippen LogP contribution in [0.3, 0.4) is 0 Å². The van der Waals surface area contributed by atoms with Gasteiger partial charge in [-0.25, -0.2) is 0 Å². The van der Waals surface area contributed by atoms with Crippen LogP contribution >= 0.6 is 11.3 Å². The molecule has 88 valence electrons. The molecule has 0 unspecified atom stereocenters. The van der Waals surface area contributed by atoms with Crippen molar-refractivity contribution in [2.24, 2.45) is 16.3 Å². The molecule has 1 heterocycles. The van der Waals surface area contributed by atoms with Crippen LogP contribution in [0.4, 0.5) is 0 Å². The van der Waals surface area contributed by atoms with Gasteiger partial charge in [-0.3, -0.25) is 4.79 Å². The SMILES string of the molecule is CC(C)(CNC(=O)c1ccsc1)/C(N)=N/O. The van der Waals surface area contributed by atoms with Crippen LogP contribution in [-0.4, -0.2) is 23.5 Å². The molecule has 0 atom stereocenters. The minimum Gasteiger partial charge on any atom is -0.409 e. The maximum Gasteiger partial charge on any atom is 0.252 e. The predicted molar refractivity (Wildman–Crippen MR) is 63.8 cm³/mol. The van der Waals surface area contributed by atoms with E-state index in [2.05, 4.69) is 10.5 Å². The number of carbonyl (C=O) groups is 1. The Morgan fingerprint density at radius 3 is 2.88 bits per heavy atom. The fraction of sp³-hybridized carbons (Fsp3) is 0.400. The average Bonchev–Trinajstić information content (AvgIpc) is 2.78.